The number of pyridine rings is 1. The molecule has 0 saturated heterocycles. The van der Waals surface area contributed by atoms with Crippen LogP contribution in [0.3, 0.4) is 0 Å². The molecule has 1 aromatic carbocycles. The normalized spacial score (nSPS) is 11.0. The van der Waals surface area contributed by atoms with Gasteiger partial charge >= 0.3 is 0 Å². The fourth-order valence-electron chi connectivity index (χ4n) is 2.16. The maximum absolute atomic E-state index is 10.0. The maximum atomic E-state index is 10.0. The van der Waals surface area contributed by atoms with Crippen molar-refractivity contribution in [3.63, 3.8) is 0 Å². The molecule has 6 heteroatoms. The largest absolute Gasteiger partial charge is 0.493 e. The average molecular weight is 304 g/mol. The molecule has 108 valence electrons. The van der Waals surface area contributed by atoms with E-state index in [1.54, 1.807) is 26.0 Å². The van der Waals surface area contributed by atoms with Gasteiger partial charge in [-0.05, 0) is 32.0 Å². The first-order valence-electron chi connectivity index (χ1n) is 6.41. The number of anilines is 1. The lowest BCUT2D eigenvalue weighted by atomic mass is 10.2. The Hall–Kier alpha value is -2.40. The van der Waals surface area contributed by atoms with Crippen molar-refractivity contribution in [2.75, 3.05) is 5.43 Å². The number of nitrogens with one attached hydrogen (secondary N) is 1. The van der Waals surface area contributed by atoms with Gasteiger partial charge in [0.1, 0.15) is 5.82 Å². The number of rotatable bonds is 2. The zero-order valence-electron chi connectivity index (χ0n) is 11.6. The quantitative estimate of drug-likeness (QED) is 0.676. The summed E-state index contributed by atoms with van der Waals surface area (Å²) >= 11 is 6.13. The first kappa shape index (κ1) is 13.6. The number of aromatic nitrogens is 2. The molecular weight excluding hydrogens is 290 g/mol. The van der Waals surface area contributed by atoms with Gasteiger partial charge in [0.2, 0.25) is 11.8 Å². The van der Waals surface area contributed by atoms with Crippen LogP contribution in [0.4, 0.5) is 5.82 Å². The topological polar surface area (TPSA) is 70.3 Å². The second-order valence-electron chi connectivity index (χ2n) is 4.85. The van der Waals surface area contributed by atoms with Crippen molar-refractivity contribution in [2.24, 2.45) is 0 Å². The number of halogens is 1. The van der Waals surface area contributed by atoms with Gasteiger partial charge in [0.25, 0.3) is 0 Å². The van der Waals surface area contributed by atoms with E-state index in [9.17, 15) is 10.2 Å². The van der Waals surface area contributed by atoms with E-state index in [-0.39, 0.29) is 11.8 Å². The lowest BCUT2D eigenvalue weighted by Crippen LogP contribution is -2.09. The Kier molecular flexibility index (Phi) is 3.14. The van der Waals surface area contributed by atoms with E-state index in [0.29, 0.717) is 27.5 Å². The number of hydrogen-bond acceptors (Lipinski definition) is 4. The minimum absolute atomic E-state index is 0.0499. The Morgan fingerprint density at radius 2 is 1.71 bits per heavy atom. The molecule has 21 heavy (non-hydrogen) atoms. The summed E-state index contributed by atoms with van der Waals surface area (Å²) in [5, 5.41) is 21.5. The van der Waals surface area contributed by atoms with Crippen LogP contribution in [0.15, 0.2) is 30.3 Å². The number of hydrogen-bond donors (Lipinski definition) is 3. The molecule has 2 aromatic heterocycles. The number of aromatic hydroxyl groups is 2. The number of nitrogens with zero attached hydrogens (tertiary/aromatic N) is 2. The summed E-state index contributed by atoms with van der Waals surface area (Å²) in [6, 6.07) is 9.16. The predicted molar refractivity (Wildman–Crippen MR) is 83.0 cm³/mol. The zero-order valence-corrected chi connectivity index (χ0v) is 12.3. The van der Waals surface area contributed by atoms with Crippen LogP contribution in [0.2, 0.25) is 5.02 Å². The molecule has 5 nitrogen and oxygen atoms in total. The maximum Gasteiger partial charge on any atom is 0.216 e. The van der Waals surface area contributed by atoms with Gasteiger partial charge in [-0.1, -0.05) is 23.7 Å². The van der Waals surface area contributed by atoms with Crippen molar-refractivity contribution >= 4 is 28.3 Å². The Bertz CT molecular complexity index is 817. The summed E-state index contributed by atoms with van der Waals surface area (Å²) in [7, 11) is 0. The van der Waals surface area contributed by atoms with Gasteiger partial charge in [-0.2, -0.15) is 4.68 Å². The van der Waals surface area contributed by atoms with E-state index in [2.05, 4.69) is 10.4 Å². The molecule has 3 N–H and O–H groups in total. The Labute approximate surface area is 126 Å². The first-order valence-corrected chi connectivity index (χ1v) is 6.79. The summed E-state index contributed by atoms with van der Waals surface area (Å²) in [5.41, 5.74) is 4.74. The van der Waals surface area contributed by atoms with Crippen LogP contribution >= 0.6 is 11.6 Å². The Balaban J connectivity index is 2.07. The van der Waals surface area contributed by atoms with Crippen molar-refractivity contribution in [1.82, 2.24) is 9.66 Å². The third-order valence-electron chi connectivity index (χ3n) is 3.55. The molecule has 0 spiro atoms. The SMILES string of the molecule is Cc1c(C)c(O)n(Nc2ccc3cccc(Cl)c3n2)c1O. The molecule has 0 aliphatic rings. The van der Waals surface area contributed by atoms with Crippen LogP contribution in [0.25, 0.3) is 10.9 Å². The van der Waals surface area contributed by atoms with E-state index in [0.717, 1.165) is 5.39 Å². The highest BCUT2D eigenvalue weighted by atomic mass is 35.5. The van der Waals surface area contributed by atoms with Gasteiger partial charge < -0.3 is 10.2 Å². The molecule has 0 saturated carbocycles. The van der Waals surface area contributed by atoms with Gasteiger partial charge in [0, 0.05) is 16.5 Å². The van der Waals surface area contributed by atoms with Gasteiger partial charge in [-0.15, -0.1) is 0 Å². The highest BCUT2D eigenvalue weighted by Gasteiger charge is 2.16. The van der Waals surface area contributed by atoms with Crippen molar-refractivity contribution in [3.8, 4) is 11.8 Å². The minimum atomic E-state index is -0.0499. The van der Waals surface area contributed by atoms with E-state index < -0.39 is 0 Å². The molecule has 3 aromatic rings. The van der Waals surface area contributed by atoms with Gasteiger partial charge in [0.15, 0.2) is 0 Å². The van der Waals surface area contributed by atoms with Crippen LogP contribution in [-0.4, -0.2) is 19.9 Å². The predicted octanol–water partition coefficient (Wildman–Crippen LogP) is 3.59. The summed E-state index contributed by atoms with van der Waals surface area (Å²) in [6.45, 7) is 3.46. The van der Waals surface area contributed by atoms with Gasteiger partial charge in [0.05, 0.1) is 10.5 Å². The lowest BCUT2D eigenvalue weighted by Gasteiger charge is -2.10. The minimum Gasteiger partial charge on any atom is -0.493 e. The summed E-state index contributed by atoms with van der Waals surface area (Å²) < 4.78 is 1.19. The monoisotopic (exact) mass is 303 g/mol. The van der Waals surface area contributed by atoms with Crippen LogP contribution in [0.1, 0.15) is 11.1 Å². The van der Waals surface area contributed by atoms with Crippen LogP contribution in [0, 0.1) is 13.8 Å². The van der Waals surface area contributed by atoms with E-state index in [1.807, 2.05) is 18.2 Å². The summed E-state index contributed by atoms with van der Waals surface area (Å²) in [6.07, 6.45) is 0. The molecule has 0 fully saturated rings. The van der Waals surface area contributed by atoms with Crippen LogP contribution < -0.4 is 5.43 Å². The van der Waals surface area contributed by atoms with Gasteiger partial charge in [-0.3, -0.25) is 5.43 Å². The van der Waals surface area contributed by atoms with E-state index in [1.165, 1.54) is 4.68 Å². The highest BCUT2D eigenvalue weighted by Crippen LogP contribution is 2.32. The summed E-state index contributed by atoms with van der Waals surface area (Å²) in [4.78, 5) is 4.41. The molecule has 0 amide bonds. The standard InChI is InChI=1S/C15H14ClN3O2/c1-8-9(2)15(21)19(14(8)20)18-12-7-6-10-4-3-5-11(16)13(10)17-12/h3-7,20-21H,1-2H3,(H,17,18). The Morgan fingerprint density at radius 3 is 2.38 bits per heavy atom. The number of para-hydroxylation sites is 1. The molecule has 0 atom stereocenters. The molecule has 3 rings (SSSR count). The van der Waals surface area contributed by atoms with Crippen molar-refractivity contribution in [3.05, 3.63) is 46.5 Å². The summed E-state index contributed by atoms with van der Waals surface area (Å²) in [5.74, 6) is 0.369. The van der Waals surface area contributed by atoms with Crippen molar-refractivity contribution < 1.29 is 10.2 Å². The zero-order chi connectivity index (χ0) is 15.1. The molecule has 0 bridgehead atoms. The fourth-order valence-corrected chi connectivity index (χ4v) is 2.39. The smallest absolute Gasteiger partial charge is 0.216 e. The van der Waals surface area contributed by atoms with Gasteiger partial charge in [-0.25, -0.2) is 4.98 Å². The molecule has 0 aliphatic heterocycles. The fraction of sp³-hybridized carbons (Fsp3) is 0.133. The van der Waals surface area contributed by atoms with E-state index >= 15 is 0 Å². The first-order chi connectivity index (χ1) is 9.99. The molecular formula is C15H14ClN3O2. The van der Waals surface area contributed by atoms with Crippen LogP contribution in [0.5, 0.6) is 11.8 Å². The third-order valence-corrected chi connectivity index (χ3v) is 3.86. The molecule has 0 radical (unpaired) electrons. The molecule has 0 aliphatic carbocycles. The van der Waals surface area contributed by atoms with Crippen LogP contribution in [-0.2, 0) is 0 Å². The molecule has 0 unspecified atom stereocenters. The second kappa shape index (κ2) is 4.86. The van der Waals surface area contributed by atoms with Crippen molar-refractivity contribution in [1.29, 1.82) is 0 Å². The highest BCUT2D eigenvalue weighted by molar-refractivity contribution is 6.35. The molecule has 2 heterocycles. The lowest BCUT2D eigenvalue weighted by molar-refractivity contribution is 0.390. The van der Waals surface area contributed by atoms with E-state index in [4.69, 9.17) is 11.6 Å². The average Bonchev–Trinajstić information content (AvgIpc) is 2.66. The Morgan fingerprint density at radius 1 is 1.05 bits per heavy atom. The van der Waals surface area contributed by atoms with Crippen molar-refractivity contribution in [2.45, 2.75) is 13.8 Å². The third kappa shape index (κ3) is 2.15. The number of fused-ring (bicyclic) bond motifs is 1. The second-order valence-corrected chi connectivity index (χ2v) is 5.26. The number of benzene rings is 1.